The third-order valence-corrected chi connectivity index (χ3v) is 3.62. The molecule has 2 rings (SSSR count). The van der Waals surface area contributed by atoms with Crippen molar-refractivity contribution < 1.29 is 14.6 Å². The normalized spacial score (nSPS) is 21.3. The third-order valence-electron chi connectivity index (χ3n) is 3.39. The molecule has 5 heteroatoms. The van der Waals surface area contributed by atoms with Crippen LogP contribution < -0.4 is 4.74 Å². The lowest BCUT2D eigenvalue weighted by atomic mass is 10.2. The first-order valence-corrected chi connectivity index (χ1v) is 6.87. The van der Waals surface area contributed by atoms with E-state index in [1.807, 2.05) is 24.0 Å². The maximum absolute atomic E-state index is 11.1. The fourth-order valence-electron chi connectivity index (χ4n) is 2.45. The molecule has 19 heavy (non-hydrogen) atoms. The van der Waals surface area contributed by atoms with Gasteiger partial charge in [0.05, 0.1) is 0 Å². The van der Waals surface area contributed by atoms with Crippen molar-refractivity contribution in [1.82, 2.24) is 4.90 Å². The third kappa shape index (κ3) is 3.61. The lowest BCUT2D eigenvalue weighted by molar-refractivity contribution is -0.143. The summed E-state index contributed by atoms with van der Waals surface area (Å²) in [6.45, 7) is 3.30. The standard InChI is InChI=1S/C14H18ClNO3/c1-2-13(14(17)18)16-7-6-12(9-16)19-11-5-3-4-10(15)8-11/h3-5,8,12-13H,2,6-7,9H2,1H3,(H,17,18). The summed E-state index contributed by atoms with van der Waals surface area (Å²) in [5.41, 5.74) is 0. The molecule has 1 aliphatic rings. The van der Waals surface area contributed by atoms with E-state index in [9.17, 15) is 4.79 Å². The Morgan fingerprint density at radius 3 is 3.05 bits per heavy atom. The predicted molar refractivity (Wildman–Crippen MR) is 73.8 cm³/mol. The Bertz CT molecular complexity index is 452. The van der Waals surface area contributed by atoms with Crippen LogP contribution in [0.25, 0.3) is 0 Å². The number of carboxylic acids is 1. The van der Waals surface area contributed by atoms with Gasteiger partial charge in [-0.15, -0.1) is 0 Å². The van der Waals surface area contributed by atoms with Crippen molar-refractivity contribution in [2.75, 3.05) is 13.1 Å². The van der Waals surface area contributed by atoms with Crippen LogP contribution in [0.5, 0.6) is 5.75 Å². The van der Waals surface area contributed by atoms with Gasteiger partial charge >= 0.3 is 5.97 Å². The van der Waals surface area contributed by atoms with E-state index in [0.717, 1.165) is 18.7 Å². The van der Waals surface area contributed by atoms with Gasteiger partial charge in [-0.1, -0.05) is 24.6 Å². The number of aliphatic carboxylic acids is 1. The smallest absolute Gasteiger partial charge is 0.320 e. The van der Waals surface area contributed by atoms with Crippen molar-refractivity contribution in [2.45, 2.75) is 31.9 Å². The molecule has 1 aliphatic heterocycles. The van der Waals surface area contributed by atoms with Gasteiger partial charge in [0.15, 0.2) is 0 Å². The number of nitrogens with zero attached hydrogens (tertiary/aromatic N) is 1. The number of rotatable bonds is 5. The average molecular weight is 284 g/mol. The molecule has 1 aromatic rings. The fourth-order valence-corrected chi connectivity index (χ4v) is 2.64. The van der Waals surface area contributed by atoms with Gasteiger partial charge in [-0.05, 0) is 31.0 Å². The molecule has 0 bridgehead atoms. The minimum Gasteiger partial charge on any atom is -0.489 e. The van der Waals surface area contributed by atoms with E-state index in [2.05, 4.69) is 0 Å². The zero-order chi connectivity index (χ0) is 13.8. The first-order chi connectivity index (χ1) is 9.10. The molecule has 0 spiro atoms. The number of likely N-dealkylation sites (tertiary alicyclic amines) is 1. The van der Waals surface area contributed by atoms with Crippen molar-refractivity contribution in [1.29, 1.82) is 0 Å². The van der Waals surface area contributed by atoms with Crippen molar-refractivity contribution >= 4 is 17.6 Å². The molecule has 0 saturated carbocycles. The van der Waals surface area contributed by atoms with Gasteiger partial charge in [-0.2, -0.15) is 0 Å². The summed E-state index contributed by atoms with van der Waals surface area (Å²) in [4.78, 5) is 13.1. The van der Waals surface area contributed by atoms with Crippen LogP contribution in [0.1, 0.15) is 19.8 Å². The number of hydrogen-bond donors (Lipinski definition) is 1. The molecule has 2 unspecified atom stereocenters. The quantitative estimate of drug-likeness (QED) is 0.903. The molecule has 104 valence electrons. The average Bonchev–Trinajstić information content (AvgIpc) is 2.78. The summed E-state index contributed by atoms with van der Waals surface area (Å²) < 4.78 is 5.84. The molecule has 0 aromatic heterocycles. The molecule has 1 N–H and O–H groups in total. The molecule has 1 saturated heterocycles. The van der Waals surface area contributed by atoms with Crippen molar-refractivity contribution in [3.05, 3.63) is 29.3 Å². The van der Waals surface area contributed by atoms with Gasteiger partial charge in [-0.25, -0.2) is 0 Å². The van der Waals surface area contributed by atoms with E-state index in [1.165, 1.54) is 0 Å². The van der Waals surface area contributed by atoms with Crippen LogP contribution in [0.15, 0.2) is 24.3 Å². The molecule has 0 radical (unpaired) electrons. The van der Waals surface area contributed by atoms with Crippen LogP contribution in [0.4, 0.5) is 0 Å². The van der Waals surface area contributed by atoms with Crippen LogP contribution in [-0.2, 0) is 4.79 Å². The number of halogens is 1. The second kappa shape index (κ2) is 6.26. The Balaban J connectivity index is 1.93. The van der Waals surface area contributed by atoms with E-state index in [0.29, 0.717) is 18.0 Å². The van der Waals surface area contributed by atoms with Gasteiger partial charge in [-0.3, -0.25) is 9.69 Å². The fraction of sp³-hybridized carbons (Fsp3) is 0.500. The Morgan fingerprint density at radius 1 is 1.63 bits per heavy atom. The number of carboxylic acid groups (broad SMARTS) is 1. The zero-order valence-electron chi connectivity index (χ0n) is 10.9. The number of ether oxygens (including phenoxy) is 1. The Labute approximate surface area is 117 Å². The Morgan fingerprint density at radius 2 is 2.42 bits per heavy atom. The summed E-state index contributed by atoms with van der Waals surface area (Å²) >= 11 is 5.91. The second-order valence-corrected chi connectivity index (χ2v) is 5.18. The zero-order valence-corrected chi connectivity index (χ0v) is 11.6. The predicted octanol–water partition coefficient (Wildman–Crippen LogP) is 2.66. The molecule has 1 heterocycles. The van der Waals surface area contributed by atoms with Crippen LogP contribution in [0.3, 0.4) is 0 Å². The first-order valence-electron chi connectivity index (χ1n) is 6.49. The molecule has 2 atom stereocenters. The Kier molecular flexibility index (Phi) is 4.66. The number of carbonyl (C=O) groups is 1. The largest absolute Gasteiger partial charge is 0.489 e. The van der Waals surface area contributed by atoms with Crippen LogP contribution in [0, 0.1) is 0 Å². The minimum absolute atomic E-state index is 0.0341. The van der Waals surface area contributed by atoms with Crippen LogP contribution in [-0.4, -0.2) is 41.2 Å². The number of benzene rings is 1. The van der Waals surface area contributed by atoms with Crippen molar-refractivity contribution in [3.63, 3.8) is 0 Å². The molecular formula is C14H18ClNO3. The topological polar surface area (TPSA) is 49.8 Å². The van der Waals surface area contributed by atoms with Gasteiger partial charge in [0.25, 0.3) is 0 Å². The lowest BCUT2D eigenvalue weighted by Crippen LogP contribution is -2.40. The highest BCUT2D eigenvalue weighted by molar-refractivity contribution is 6.30. The SMILES string of the molecule is CCC(C(=O)O)N1CCC(Oc2cccc(Cl)c2)C1. The van der Waals surface area contributed by atoms with Gasteiger partial charge < -0.3 is 9.84 Å². The molecular weight excluding hydrogens is 266 g/mol. The molecule has 0 amide bonds. The molecule has 1 fully saturated rings. The summed E-state index contributed by atoms with van der Waals surface area (Å²) in [6, 6.07) is 6.87. The molecule has 4 nitrogen and oxygen atoms in total. The summed E-state index contributed by atoms with van der Waals surface area (Å²) in [5.74, 6) is -0.0198. The highest BCUT2D eigenvalue weighted by Gasteiger charge is 2.32. The first kappa shape index (κ1) is 14.2. The maximum atomic E-state index is 11.1. The molecule has 1 aromatic carbocycles. The summed E-state index contributed by atoms with van der Waals surface area (Å²) in [7, 11) is 0. The minimum atomic E-state index is -0.758. The van der Waals surface area contributed by atoms with Crippen LogP contribution >= 0.6 is 11.6 Å². The highest BCUT2D eigenvalue weighted by Crippen LogP contribution is 2.23. The van der Waals surface area contributed by atoms with Gasteiger partial charge in [0.1, 0.15) is 17.9 Å². The van der Waals surface area contributed by atoms with E-state index >= 15 is 0 Å². The second-order valence-electron chi connectivity index (χ2n) is 4.74. The maximum Gasteiger partial charge on any atom is 0.320 e. The van der Waals surface area contributed by atoms with Crippen LogP contribution in [0.2, 0.25) is 5.02 Å². The molecule has 0 aliphatic carbocycles. The summed E-state index contributed by atoms with van der Waals surface area (Å²) in [5, 5.41) is 9.79. The monoisotopic (exact) mass is 283 g/mol. The van der Waals surface area contributed by atoms with E-state index in [1.54, 1.807) is 12.1 Å². The Hall–Kier alpha value is -1.26. The van der Waals surface area contributed by atoms with E-state index < -0.39 is 12.0 Å². The number of hydrogen-bond acceptors (Lipinski definition) is 3. The van der Waals surface area contributed by atoms with Crippen molar-refractivity contribution in [2.24, 2.45) is 0 Å². The highest BCUT2D eigenvalue weighted by atomic mass is 35.5. The van der Waals surface area contributed by atoms with E-state index in [-0.39, 0.29) is 6.10 Å². The van der Waals surface area contributed by atoms with Crippen molar-refractivity contribution in [3.8, 4) is 5.75 Å². The lowest BCUT2D eigenvalue weighted by Gasteiger charge is -2.22. The van der Waals surface area contributed by atoms with Gasteiger partial charge in [0.2, 0.25) is 0 Å². The summed E-state index contributed by atoms with van der Waals surface area (Å²) in [6.07, 6.45) is 1.49. The van der Waals surface area contributed by atoms with Gasteiger partial charge in [0, 0.05) is 18.1 Å². The van der Waals surface area contributed by atoms with E-state index in [4.69, 9.17) is 21.4 Å².